The third-order valence-corrected chi connectivity index (χ3v) is 9.37. The van der Waals surface area contributed by atoms with Crippen molar-refractivity contribution >= 4 is 29.0 Å². The number of phenolic OH excluding ortho intramolecular Hbond substituents is 4. The molecule has 20 nitrogen and oxygen atoms in total. The first-order valence-corrected chi connectivity index (χ1v) is 17.8. The minimum Gasteiger partial charge on any atom is -0.507 e. The highest BCUT2D eigenvalue weighted by Gasteiger charge is 2.53. The second kappa shape index (κ2) is 17.9. The largest absolute Gasteiger partial charge is 0.507 e. The molecule has 0 bridgehead atoms. The van der Waals surface area contributed by atoms with Crippen LogP contribution in [0.5, 0.6) is 34.5 Å². The Balaban J connectivity index is 1.32. The Labute approximate surface area is 332 Å². The number of fused-ring (bicyclic) bond motifs is 1. The maximum Gasteiger partial charge on any atom is 0.331 e. The van der Waals surface area contributed by atoms with Gasteiger partial charge >= 0.3 is 11.9 Å². The van der Waals surface area contributed by atoms with E-state index >= 15 is 0 Å². The lowest BCUT2D eigenvalue weighted by Gasteiger charge is -2.46. The van der Waals surface area contributed by atoms with E-state index in [-0.39, 0.29) is 39.5 Å². The molecule has 59 heavy (non-hydrogen) atoms. The fraction of sp³-hybridized carbons (Fsp3) is 0.359. The quantitative estimate of drug-likeness (QED) is 0.0521. The zero-order valence-electron chi connectivity index (χ0n) is 31.1. The van der Waals surface area contributed by atoms with Gasteiger partial charge in [0.2, 0.25) is 6.29 Å². The molecule has 2 fully saturated rings. The number of carbonyl (C=O) groups excluding carboxylic acids is 2. The van der Waals surface area contributed by atoms with Crippen LogP contribution in [0.15, 0.2) is 69.9 Å². The van der Waals surface area contributed by atoms with Gasteiger partial charge in [0, 0.05) is 36.8 Å². The predicted octanol–water partition coefficient (Wildman–Crippen LogP) is 0.129. The summed E-state index contributed by atoms with van der Waals surface area (Å²) in [5, 5.41) is 94.2. The fourth-order valence-electron chi connectivity index (χ4n) is 6.33. The number of methoxy groups -OCH3 is 1. The maximum atomic E-state index is 13.1. The normalized spacial score (nSPS) is 27.0. The molecule has 2 aliphatic heterocycles. The highest BCUT2D eigenvalue weighted by atomic mass is 16.8. The van der Waals surface area contributed by atoms with E-state index in [0.717, 1.165) is 37.3 Å². The summed E-state index contributed by atoms with van der Waals surface area (Å²) in [5.74, 6) is -3.79. The monoisotopic (exact) mass is 828 g/mol. The molecule has 9 N–H and O–H groups in total. The first kappa shape index (κ1) is 42.6. The highest BCUT2D eigenvalue weighted by molar-refractivity contribution is 5.87. The summed E-state index contributed by atoms with van der Waals surface area (Å²) in [6.45, 7) is -0.400. The molecular formula is C39H40O20. The Hall–Kier alpha value is -5.97. The van der Waals surface area contributed by atoms with E-state index in [2.05, 4.69) is 0 Å². The molecular weight excluding hydrogens is 788 g/mol. The van der Waals surface area contributed by atoms with Crippen molar-refractivity contribution < 1.29 is 93.1 Å². The third-order valence-electron chi connectivity index (χ3n) is 9.37. The average Bonchev–Trinajstić information content (AvgIpc) is 3.19. The second-order valence-corrected chi connectivity index (χ2v) is 13.4. The number of aliphatic hydroxyl groups is 5. The lowest BCUT2D eigenvalue weighted by molar-refractivity contribution is -0.358. The molecule has 20 heteroatoms. The SMILES string of the molecule is COc1cc(-c2cc(=O)c3c(O)cc(O[C@@H]4O[C@H](CO)[C@@H](O)[C@H](O)[C@H]4O[C@@H]4O[C@H](COC(C)=O)[C@@H](O)[C@H](O)[C@H]4OC(=O)/C=C/c4ccc(O)c(O)c4)cc3o2)ccc1O. The molecule has 0 radical (unpaired) electrons. The number of benzene rings is 3. The average molecular weight is 829 g/mol. The zero-order valence-corrected chi connectivity index (χ0v) is 31.1. The van der Waals surface area contributed by atoms with Crippen LogP contribution < -0.4 is 14.9 Å². The Kier molecular flexibility index (Phi) is 12.9. The molecule has 6 rings (SSSR count). The summed E-state index contributed by atoms with van der Waals surface area (Å²) in [4.78, 5) is 37.8. The lowest BCUT2D eigenvalue weighted by atomic mass is 9.97. The van der Waals surface area contributed by atoms with Crippen molar-refractivity contribution in [3.63, 3.8) is 0 Å². The summed E-state index contributed by atoms with van der Waals surface area (Å²) in [6.07, 6.45) is -16.1. The molecule has 10 atom stereocenters. The van der Waals surface area contributed by atoms with E-state index in [0.29, 0.717) is 5.56 Å². The van der Waals surface area contributed by atoms with Gasteiger partial charge in [-0.3, -0.25) is 9.59 Å². The van der Waals surface area contributed by atoms with E-state index in [9.17, 15) is 60.3 Å². The van der Waals surface area contributed by atoms with Crippen LogP contribution in [0.2, 0.25) is 0 Å². The lowest BCUT2D eigenvalue weighted by Crippen LogP contribution is -2.65. The van der Waals surface area contributed by atoms with Crippen LogP contribution in [0.25, 0.3) is 28.4 Å². The number of rotatable bonds is 12. The summed E-state index contributed by atoms with van der Waals surface area (Å²) in [6, 6.07) is 11.1. The van der Waals surface area contributed by atoms with Crippen molar-refractivity contribution in [3.05, 3.63) is 76.5 Å². The molecule has 2 saturated heterocycles. The summed E-state index contributed by atoms with van der Waals surface area (Å²) in [5.41, 5.74) is -0.307. The van der Waals surface area contributed by atoms with Crippen molar-refractivity contribution in [2.45, 2.75) is 68.3 Å². The van der Waals surface area contributed by atoms with Crippen LogP contribution in [-0.4, -0.2) is 140 Å². The zero-order chi connectivity index (χ0) is 42.7. The number of aliphatic hydroxyl groups excluding tert-OH is 5. The minimum atomic E-state index is -2.00. The van der Waals surface area contributed by atoms with E-state index in [4.69, 9.17) is 37.6 Å². The molecule has 0 aliphatic carbocycles. The Morgan fingerprint density at radius 1 is 0.780 bits per heavy atom. The van der Waals surface area contributed by atoms with Gasteiger partial charge in [-0.1, -0.05) is 6.07 Å². The number of aromatic hydroxyl groups is 4. The predicted molar refractivity (Wildman–Crippen MR) is 197 cm³/mol. The first-order chi connectivity index (χ1) is 28.1. The van der Waals surface area contributed by atoms with Gasteiger partial charge in [0.1, 0.15) is 71.5 Å². The second-order valence-electron chi connectivity index (χ2n) is 13.4. The van der Waals surface area contributed by atoms with Crippen molar-refractivity contribution in [2.24, 2.45) is 0 Å². The molecule has 3 aromatic carbocycles. The van der Waals surface area contributed by atoms with Gasteiger partial charge in [0.25, 0.3) is 0 Å². The summed E-state index contributed by atoms with van der Waals surface area (Å²) >= 11 is 0. The molecule has 3 heterocycles. The molecule has 2 aliphatic rings. The Bertz CT molecular complexity index is 2250. The summed E-state index contributed by atoms with van der Waals surface area (Å²) < 4.78 is 44.9. The van der Waals surface area contributed by atoms with Crippen molar-refractivity contribution in [2.75, 3.05) is 20.3 Å². The topological polar surface area (TPSA) is 311 Å². The van der Waals surface area contributed by atoms with Crippen LogP contribution in [-0.2, 0) is 33.3 Å². The molecule has 4 aromatic rings. The first-order valence-electron chi connectivity index (χ1n) is 17.8. The van der Waals surface area contributed by atoms with E-state index in [1.165, 1.54) is 43.5 Å². The highest BCUT2D eigenvalue weighted by Crippen LogP contribution is 2.37. The van der Waals surface area contributed by atoms with Crippen LogP contribution in [0.4, 0.5) is 0 Å². The number of ether oxygens (including phenoxy) is 7. The number of esters is 2. The van der Waals surface area contributed by atoms with Crippen molar-refractivity contribution in [3.8, 4) is 45.8 Å². The molecule has 1 aromatic heterocycles. The van der Waals surface area contributed by atoms with Crippen LogP contribution >= 0.6 is 0 Å². The molecule has 316 valence electrons. The van der Waals surface area contributed by atoms with Gasteiger partial charge in [0.15, 0.2) is 46.9 Å². The van der Waals surface area contributed by atoms with Gasteiger partial charge in [-0.05, 0) is 42.0 Å². The van der Waals surface area contributed by atoms with Crippen LogP contribution in [0.1, 0.15) is 12.5 Å². The maximum absolute atomic E-state index is 13.1. The molecule has 0 unspecified atom stereocenters. The van der Waals surface area contributed by atoms with E-state index in [1.54, 1.807) is 0 Å². The third kappa shape index (κ3) is 9.35. The van der Waals surface area contributed by atoms with Crippen LogP contribution in [0, 0.1) is 0 Å². The van der Waals surface area contributed by atoms with Crippen molar-refractivity contribution in [1.82, 2.24) is 0 Å². The number of hydrogen-bond donors (Lipinski definition) is 9. The number of carbonyl (C=O) groups is 2. The molecule has 0 saturated carbocycles. The van der Waals surface area contributed by atoms with Gasteiger partial charge < -0.3 is 83.5 Å². The van der Waals surface area contributed by atoms with Crippen molar-refractivity contribution in [1.29, 1.82) is 0 Å². The molecule has 0 amide bonds. The summed E-state index contributed by atoms with van der Waals surface area (Å²) in [7, 11) is 1.32. The number of hydrogen-bond acceptors (Lipinski definition) is 20. The smallest absolute Gasteiger partial charge is 0.331 e. The minimum absolute atomic E-state index is 0.00140. The van der Waals surface area contributed by atoms with Gasteiger partial charge in [-0.25, -0.2) is 4.79 Å². The fourth-order valence-corrected chi connectivity index (χ4v) is 6.33. The standard InChI is InChI=1S/C39H40O20/c1-16(41)53-15-29-33(49)35(51)36(58-30(47)8-4-17-3-6-20(42)22(44)9-17)39(57-29)59-37-34(50)32(48)28(14-40)56-38(37)54-19-11-23(45)31-24(46)13-25(55-27(31)12-19)18-5-7-21(43)26(10-18)52-2/h3-13,28-29,32-40,42-45,48-51H,14-15H2,1-2H3/b8-4+/t28-,29-,32-,33-,34+,35+,36-,37-,38-,39+/m1/s1. The Morgan fingerprint density at radius 3 is 2.17 bits per heavy atom. The Morgan fingerprint density at radius 2 is 1.47 bits per heavy atom. The molecule has 0 spiro atoms. The number of phenols is 4. The van der Waals surface area contributed by atoms with Gasteiger partial charge in [-0.2, -0.15) is 0 Å². The van der Waals surface area contributed by atoms with E-state index in [1.807, 2.05) is 0 Å². The van der Waals surface area contributed by atoms with Gasteiger partial charge in [0.05, 0.1) is 13.7 Å². The van der Waals surface area contributed by atoms with E-state index < -0.39 is 109 Å². The van der Waals surface area contributed by atoms with Gasteiger partial charge in [-0.15, -0.1) is 0 Å². The van der Waals surface area contributed by atoms with Crippen LogP contribution in [0.3, 0.4) is 0 Å².